The van der Waals surface area contributed by atoms with Crippen LogP contribution in [0.25, 0.3) is 0 Å². The van der Waals surface area contributed by atoms with E-state index in [4.69, 9.17) is 0 Å². The van der Waals surface area contributed by atoms with E-state index >= 15 is 0 Å². The van der Waals surface area contributed by atoms with E-state index in [2.05, 4.69) is 5.32 Å². The van der Waals surface area contributed by atoms with E-state index in [0.29, 0.717) is 0 Å². The van der Waals surface area contributed by atoms with Gasteiger partial charge in [-0.25, -0.2) is 12.8 Å². The highest BCUT2D eigenvalue weighted by molar-refractivity contribution is 7.92. The van der Waals surface area contributed by atoms with Gasteiger partial charge in [0.15, 0.2) is 0 Å². The fourth-order valence-corrected chi connectivity index (χ4v) is 7.38. The summed E-state index contributed by atoms with van der Waals surface area (Å²) in [6.07, 6.45) is 5.22. The highest BCUT2D eigenvalue weighted by atomic mass is 32.2. The average Bonchev–Trinajstić information content (AvgIpc) is 3.07. The third-order valence-corrected chi connectivity index (χ3v) is 10.5. The molecular weight excluding hydrogens is 614 g/mol. The summed E-state index contributed by atoms with van der Waals surface area (Å²) in [5.41, 5.74) is 3.96. The van der Waals surface area contributed by atoms with Gasteiger partial charge in [-0.05, 0) is 74.2 Å². The van der Waals surface area contributed by atoms with E-state index in [0.717, 1.165) is 70.8 Å². The highest BCUT2D eigenvalue weighted by Gasteiger charge is 2.35. The van der Waals surface area contributed by atoms with Crippen LogP contribution >= 0.6 is 0 Å². The Morgan fingerprint density at radius 1 is 0.787 bits per heavy atom. The number of anilines is 1. The summed E-state index contributed by atoms with van der Waals surface area (Å²) in [7, 11) is -4.30. The van der Waals surface area contributed by atoms with Gasteiger partial charge in [0.1, 0.15) is 18.4 Å². The Morgan fingerprint density at radius 2 is 1.38 bits per heavy atom. The molecule has 1 fully saturated rings. The molecule has 0 heterocycles. The summed E-state index contributed by atoms with van der Waals surface area (Å²) >= 11 is 0. The second kappa shape index (κ2) is 15.4. The molecule has 0 saturated heterocycles. The Labute approximate surface area is 277 Å². The fourth-order valence-electron chi connectivity index (χ4n) is 5.96. The number of carbonyl (C=O) groups is 2. The maximum atomic E-state index is 14.6. The molecular formula is C38H42FN3O4S. The second-order valence-corrected chi connectivity index (χ2v) is 14.2. The quantitative estimate of drug-likeness (QED) is 0.184. The zero-order valence-electron chi connectivity index (χ0n) is 26.9. The Bertz CT molecular complexity index is 1740. The maximum absolute atomic E-state index is 14.6. The van der Waals surface area contributed by atoms with E-state index < -0.39 is 34.3 Å². The Hall–Kier alpha value is -4.50. The Balaban J connectivity index is 1.55. The van der Waals surface area contributed by atoms with Gasteiger partial charge in [-0.2, -0.15) is 0 Å². The first-order valence-corrected chi connectivity index (χ1v) is 17.6. The van der Waals surface area contributed by atoms with Crippen molar-refractivity contribution in [1.29, 1.82) is 0 Å². The van der Waals surface area contributed by atoms with Crippen LogP contribution in [0.1, 0.15) is 54.4 Å². The zero-order valence-corrected chi connectivity index (χ0v) is 27.8. The zero-order chi connectivity index (χ0) is 33.4. The minimum atomic E-state index is -4.30. The monoisotopic (exact) mass is 655 g/mol. The largest absolute Gasteiger partial charge is 0.352 e. The van der Waals surface area contributed by atoms with Crippen LogP contribution in [0.4, 0.5) is 10.1 Å². The molecule has 4 aromatic rings. The maximum Gasteiger partial charge on any atom is 0.264 e. The first-order chi connectivity index (χ1) is 22.6. The summed E-state index contributed by atoms with van der Waals surface area (Å²) in [5.74, 6) is -1.36. The van der Waals surface area contributed by atoms with Gasteiger partial charge in [0.2, 0.25) is 11.8 Å². The molecule has 0 aliphatic heterocycles. The average molecular weight is 656 g/mol. The van der Waals surface area contributed by atoms with Crippen molar-refractivity contribution in [2.45, 2.75) is 75.9 Å². The first kappa shape index (κ1) is 33.9. The van der Waals surface area contributed by atoms with Crippen molar-refractivity contribution in [3.05, 3.63) is 131 Å². The van der Waals surface area contributed by atoms with Crippen molar-refractivity contribution in [2.24, 2.45) is 0 Å². The molecule has 47 heavy (non-hydrogen) atoms. The smallest absolute Gasteiger partial charge is 0.264 e. The summed E-state index contributed by atoms with van der Waals surface area (Å²) in [6, 6.07) is 27.8. The van der Waals surface area contributed by atoms with Crippen LogP contribution in [0.3, 0.4) is 0 Å². The lowest BCUT2D eigenvalue weighted by molar-refractivity contribution is -0.140. The number of amides is 2. The highest BCUT2D eigenvalue weighted by Crippen LogP contribution is 2.26. The molecule has 1 atom stereocenters. The molecule has 0 spiro atoms. The molecule has 1 saturated carbocycles. The van der Waals surface area contributed by atoms with Crippen molar-refractivity contribution in [1.82, 2.24) is 10.2 Å². The van der Waals surface area contributed by atoms with Crippen molar-refractivity contribution in [3.8, 4) is 0 Å². The lowest BCUT2D eigenvalue weighted by atomic mass is 9.94. The van der Waals surface area contributed by atoms with Gasteiger partial charge in [0.25, 0.3) is 10.0 Å². The molecule has 9 heteroatoms. The molecule has 0 radical (unpaired) electrons. The van der Waals surface area contributed by atoms with Gasteiger partial charge >= 0.3 is 0 Å². The molecule has 0 bridgehead atoms. The first-order valence-electron chi connectivity index (χ1n) is 16.1. The third-order valence-electron chi connectivity index (χ3n) is 8.70. The Morgan fingerprint density at radius 3 is 2.00 bits per heavy atom. The number of carbonyl (C=O) groups excluding carboxylic acids is 2. The molecule has 1 N–H and O–H groups in total. The van der Waals surface area contributed by atoms with Crippen molar-refractivity contribution in [3.63, 3.8) is 0 Å². The number of halogens is 1. The van der Waals surface area contributed by atoms with Gasteiger partial charge in [-0.1, -0.05) is 97.1 Å². The summed E-state index contributed by atoms with van der Waals surface area (Å²) in [5, 5.41) is 3.22. The predicted molar refractivity (Wildman–Crippen MR) is 183 cm³/mol. The van der Waals surface area contributed by atoms with Gasteiger partial charge in [0, 0.05) is 19.0 Å². The van der Waals surface area contributed by atoms with Gasteiger partial charge in [-0.3, -0.25) is 13.9 Å². The number of rotatable bonds is 12. The number of hydrogen-bond donors (Lipinski definition) is 1. The molecule has 0 aromatic heterocycles. The van der Waals surface area contributed by atoms with E-state index in [-0.39, 0.29) is 35.5 Å². The SMILES string of the molecule is Cc1ccc(CN(C(=O)CN(c2ccc(C)cc2)S(=O)(=O)c2ccc(F)cc2)[C@H](Cc2ccccc2)C(=O)NC2CCCCC2)cc1. The van der Waals surface area contributed by atoms with Crippen LogP contribution in [0, 0.1) is 19.7 Å². The molecule has 246 valence electrons. The summed E-state index contributed by atoms with van der Waals surface area (Å²) < 4.78 is 43.0. The van der Waals surface area contributed by atoms with E-state index in [1.165, 1.54) is 17.0 Å². The van der Waals surface area contributed by atoms with Crippen molar-refractivity contribution < 1.29 is 22.4 Å². The molecule has 7 nitrogen and oxygen atoms in total. The van der Waals surface area contributed by atoms with Gasteiger partial charge < -0.3 is 10.2 Å². The number of benzene rings is 4. The van der Waals surface area contributed by atoms with Crippen LogP contribution in [-0.4, -0.2) is 43.8 Å². The third kappa shape index (κ3) is 8.86. The van der Waals surface area contributed by atoms with E-state index in [1.807, 2.05) is 68.4 Å². The molecule has 0 unspecified atom stereocenters. The number of nitrogens with zero attached hydrogens (tertiary/aromatic N) is 2. The normalized spacial score (nSPS) is 14.3. The fraction of sp³-hybridized carbons (Fsp3) is 0.316. The minimum Gasteiger partial charge on any atom is -0.352 e. The van der Waals surface area contributed by atoms with Crippen LogP contribution in [0.5, 0.6) is 0 Å². The summed E-state index contributed by atoms with van der Waals surface area (Å²) in [6.45, 7) is 3.40. The number of aryl methyl sites for hydroxylation is 2. The molecule has 2 amide bonds. The number of sulfonamides is 1. The van der Waals surface area contributed by atoms with Crippen LogP contribution in [0.15, 0.2) is 108 Å². The standard InChI is InChI=1S/C38H42FN3O4S/c1-28-13-17-31(18-14-28)26-41(36(25-30-9-5-3-6-10-30)38(44)40-33-11-7-4-8-12-33)37(43)27-42(34-21-15-29(2)16-22-34)47(45,46)35-23-19-32(39)20-24-35/h3,5-6,9-10,13-24,33,36H,4,7-8,11-12,25-27H2,1-2H3,(H,40,44)/t36-/m1/s1. The van der Waals surface area contributed by atoms with Crippen LogP contribution in [0.2, 0.25) is 0 Å². The molecule has 1 aliphatic carbocycles. The molecule has 1 aliphatic rings. The molecule has 5 rings (SSSR count). The Kier molecular flexibility index (Phi) is 11.1. The van der Waals surface area contributed by atoms with Crippen LogP contribution in [-0.2, 0) is 32.6 Å². The second-order valence-electron chi connectivity index (χ2n) is 12.4. The summed E-state index contributed by atoms with van der Waals surface area (Å²) in [4.78, 5) is 30.1. The predicted octanol–water partition coefficient (Wildman–Crippen LogP) is 6.73. The van der Waals surface area contributed by atoms with Crippen LogP contribution < -0.4 is 9.62 Å². The topological polar surface area (TPSA) is 86.8 Å². The molecule has 4 aromatic carbocycles. The van der Waals surface area contributed by atoms with Gasteiger partial charge in [-0.15, -0.1) is 0 Å². The van der Waals surface area contributed by atoms with Crippen molar-refractivity contribution in [2.75, 3.05) is 10.8 Å². The van der Waals surface area contributed by atoms with Gasteiger partial charge in [0.05, 0.1) is 10.6 Å². The van der Waals surface area contributed by atoms with E-state index in [9.17, 15) is 22.4 Å². The minimum absolute atomic E-state index is 0.0220. The van der Waals surface area contributed by atoms with E-state index in [1.54, 1.807) is 24.3 Å². The lowest BCUT2D eigenvalue weighted by Gasteiger charge is -2.35. The lowest BCUT2D eigenvalue weighted by Crippen LogP contribution is -2.55. The number of nitrogens with one attached hydrogen (secondary N) is 1. The number of hydrogen-bond acceptors (Lipinski definition) is 4. The van der Waals surface area contributed by atoms with Crippen molar-refractivity contribution >= 4 is 27.5 Å².